The normalized spacial score (nSPS) is 9.55. The quantitative estimate of drug-likeness (QED) is 0.0305. The van der Waals surface area contributed by atoms with Gasteiger partial charge in [-0.1, -0.05) is 175 Å². The minimum Gasteiger partial charge on any atom is -0.790 e. The molecule has 0 heterocycles. The summed E-state index contributed by atoms with van der Waals surface area (Å²) in [6.07, 6.45) is 39.1. The van der Waals surface area contributed by atoms with Gasteiger partial charge in [0.1, 0.15) is 0 Å². The third-order valence-electron chi connectivity index (χ3n) is 8.79. The molecule has 0 unspecified atom stereocenters. The van der Waals surface area contributed by atoms with Gasteiger partial charge in [0.15, 0.2) is 0 Å². The maximum atomic E-state index is 10.1. The number of hydrogen-bond donors (Lipinski definition) is 3. The van der Waals surface area contributed by atoms with Gasteiger partial charge < -0.3 is 82.9 Å². The summed E-state index contributed by atoms with van der Waals surface area (Å²) in [6.45, 7) is 11.5. The Bertz CT molecular complexity index is 662. The Morgan fingerprint density at radius 3 is 0.562 bits per heavy atom. The SMILES string of the molecule is CCCCCCCCCCCC(=O)[O-].CCCCCCCCCCCC(=O)[O-].CCCCCCCCCCCC(=O)[O-].CCC[CH2][Sn+3].CCC[CH2][Sn+3].OCC[S-].OCC[S-].OCC[S-]. The molecule has 0 atom stereocenters. The van der Waals surface area contributed by atoms with Gasteiger partial charge in [0.25, 0.3) is 0 Å². The van der Waals surface area contributed by atoms with Gasteiger partial charge in [-0.05, 0) is 38.5 Å². The third kappa shape index (κ3) is 144. The van der Waals surface area contributed by atoms with E-state index in [1.807, 2.05) is 0 Å². The number of carboxylic acids is 3. The van der Waals surface area contributed by atoms with Gasteiger partial charge in [0, 0.05) is 37.7 Å². The van der Waals surface area contributed by atoms with Crippen molar-refractivity contribution in [3.8, 4) is 0 Å². The molecule has 0 amide bonds. The molecule has 382 valence electrons. The zero-order chi connectivity index (χ0) is 50.4. The number of unbranched alkanes of at least 4 members (excludes halogenated alkanes) is 26. The minimum atomic E-state index is -0.909. The van der Waals surface area contributed by atoms with Gasteiger partial charge in [-0.2, -0.15) is 17.3 Å². The molecule has 0 aromatic carbocycles. The van der Waals surface area contributed by atoms with Gasteiger partial charge in [0.2, 0.25) is 0 Å². The third-order valence-corrected chi connectivity index (χ3v) is 11.4. The van der Waals surface area contributed by atoms with Crippen molar-refractivity contribution in [1.29, 1.82) is 0 Å². The molecule has 0 rings (SSSR count). The molecule has 64 heavy (non-hydrogen) atoms. The summed E-state index contributed by atoms with van der Waals surface area (Å²) in [5.41, 5.74) is 0. The smallest absolute Gasteiger partial charge is 0.0213 e. The van der Waals surface area contributed by atoms with Crippen LogP contribution in [-0.4, -0.2) is 115 Å². The summed E-state index contributed by atoms with van der Waals surface area (Å²) in [7, 11) is 0. The van der Waals surface area contributed by atoms with E-state index in [-0.39, 0.29) is 39.1 Å². The molecule has 0 aliphatic rings. The first kappa shape index (κ1) is 81.9. The Balaban J connectivity index is -0.0000000995. The Hall–Kier alpha value is 0.937. The largest absolute Gasteiger partial charge is 0.790 e. The average Bonchev–Trinajstić information content (AvgIpc) is 3.28. The zero-order valence-electron chi connectivity index (χ0n) is 42.2. The molecular weight excluding hydrogens is 1080 g/mol. The fourth-order valence-electron chi connectivity index (χ4n) is 5.09. The summed E-state index contributed by atoms with van der Waals surface area (Å²) < 4.78 is 2.87. The van der Waals surface area contributed by atoms with E-state index in [0.29, 0.717) is 17.3 Å². The second kappa shape index (κ2) is 93.9. The van der Waals surface area contributed by atoms with Gasteiger partial charge in [-0.15, -0.1) is 0 Å². The molecule has 0 fully saturated rings. The first-order valence-electron chi connectivity index (χ1n) is 25.3. The second-order valence-electron chi connectivity index (χ2n) is 15.3. The van der Waals surface area contributed by atoms with E-state index < -0.39 is 17.9 Å². The van der Waals surface area contributed by atoms with Crippen molar-refractivity contribution in [3.05, 3.63) is 0 Å². The van der Waals surface area contributed by atoms with Crippen molar-refractivity contribution < 1.29 is 45.0 Å². The van der Waals surface area contributed by atoms with Crippen LogP contribution in [-0.2, 0) is 52.3 Å². The molecule has 0 aliphatic heterocycles. The van der Waals surface area contributed by atoms with Crippen LogP contribution in [0.15, 0.2) is 0 Å². The standard InChI is InChI=1S/3C12H24O2.2C4H9.3C2H6OS.2Sn/c3*1-2-3-4-5-6-7-8-9-10-11-12(13)14;2*1-3-4-2;3*3-1-2-4;;/h3*2-11H2,1H3,(H,13,14);2*1,3-4H2,2H3;3*3-4H,1-2H2;;/q;;;;;;;;2*+3/p-6. The number of hydrogen-bond acceptors (Lipinski definition) is 12. The van der Waals surface area contributed by atoms with Crippen molar-refractivity contribution in [3.63, 3.8) is 0 Å². The van der Waals surface area contributed by atoms with E-state index in [1.165, 1.54) is 169 Å². The van der Waals surface area contributed by atoms with E-state index in [1.54, 1.807) is 45.0 Å². The Morgan fingerprint density at radius 2 is 0.469 bits per heavy atom. The Morgan fingerprint density at radius 1 is 0.328 bits per heavy atom. The van der Waals surface area contributed by atoms with Gasteiger partial charge in [0.05, 0.1) is 0 Å². The molecule has 9 nitrogen and oxygen atoms in total. The van der Waals surface area contributed by atoms with Crippen molar-refractivity contribution in [2.45, 2.75) is 262 Å². The van der Waals surface area contributed by atoms with Crippen LogP contribution in [0.4, 0.5) is 0 Å². The first-order valence-corrected chi connectivity index (χ1v) is 31.1. The van der Waals surface area contributed by atoms with Crippen molar-refractivity contribution in [1.82, 2.24) is 0 Å². The van der Waals surface area contributed by atoms with E-state index in [9.17, 15) is 29.7 Å². The van der Waals surface area contributed by atoms with Crippen molar-refractivity contribution >= 4 is 101 Å². The van der Waals surface area contributed by atoms with Crippen LogP contribution in [0.25, 0.3) is 0 Å². The van der Waals surface area contributed by atoms with Crippen LogP contribution < -0.4 is 15.3 Å². The summed E-state index contributed by atoms with van der Waals surface area (Å²) in [4.78, 5) is 30.3. The number of aliphatic carboxylic acids is 3. The molecule has 0 aliphatic carbocycles. The molecule has 0 spiro atoms. The van der Waals surface area contributed by atoms with E-state index in [2.05, 4.69) is 72.5 Å². The van der Waals surface area contributed by atoms with E-state index in [4.69, 9.17) is 15.3 Å². The van der Waals surface area contributed by atoms with Gasteiger partial charge in [-0.25, -0.2) is 0 Å². The van der Waals surface area contributed by atoms with E-state index >= 15 is 0 Å². The van der Waals surface area contributed by atoms with Crippen molar-refractivity contribution in [2.24, 2.45) is 0 Å². The fraction of sp³-hybridized carbons (Fsp3) is 0.940. The van der Waals surface area contributed by atoms with Crippen LogP contribution in [0.2, 0.25) is 8.87 Å². The molecule has 3 N–H and O–H groups in total. The summed E-state index contributed by atoms with van der Waals surface area (Å²) in [5, 5.41) is 53.6. The number of carbonyl (C=O) groups excluding carboxylic acids is 3. The summed E-state index contributed by atoms with van der Waals surface area (Å²) in [6, 6.07) is 0. The number of aliphatic hydroxyl groups is 3. The molecule has 0 saturated carbocycles. The Labute approximate surface area is 441 Å². The van der Waals surface area contributed by atoms with Crippen LogP contribution in [0, 0.1) is 0 Å². The number of rotatable bonds is 37. The molecule has 0 aromatic rings. The predicted octanol–water partition coefficient (Wildman–Crippen LogP) is 9.29. The molecule has 0 radical (unpaired) electrons. The van der Waals surface area contributed by atoms with Crippen LogP contribution in [0.3, 0.4) is 0 Å². The Kier molecular flexibility index (Phi) is 120. The second-order valence-corrected chi connectivity index (χ2v) is 19.4. The molecule has 0 aromatic heterocycles. The maximum Gasteiger partial charge on any atom is 0.0213 e. The summed E-state index contributed by atoms with van der Waals surface area (Å²) in [5.74, 6) is -1.35. The number of carbonyl (C=O) groups is 3. The van der Waals surface area contributed by atoms with Crippen molar-refractivity contribution in [2.75, 3.05) is 37.1 Å². The maximum absolute atomic E-state index is 10.1. The average molecular weight is 1180 g/mol. The topological polar surface area (TPSA) is 181 Å². The monoisotopic (exact) mass is 1180 g/mol. The van der Waals surface area contributed by atoms with Crippen LogP contribution >= 0.6 is 0 Å². The molecule has 14 heteroatoms. The van der Waals surface area contributed by atoms with E-state index in [0.717, 1.165) is 38.5 Å². The molecule has 0 saturated heterocycles. The fourth-order valence-corrected chi connectivity index (χ4v) is 7.11. The van der Waals surface area contributed by atoms with Crippen LogP contribution in [0.1, 0.15) is 253 Å². The van der Waals surface area contributed by atoms with Gasteiger partial charge >= 0.3 is 93.5 Å². The van der Waals surface area contributed by atoms with Gasteiger partial charge in [-0.3, -0.25) is 0 Å². The predicted molar refractivity (Wildman–Crippen MR) is 279 cm³/mol. The number of aliphatic hydroxyl groups excluding tert-OH is 3. The van der Waals surface area contributed by atoms with Crippen LogP contribution in [0.5, 0.6) is 0 Å². The number of carboxylic acid groups (broad SMARTS) is 3. The minimum absolute atomic E-state index is 0.134. The molecular formula is C50H102O9S3Sn2. The summed E-state index contributed by atoms with van der Waals surface area (Å²) >= 11 is 16.3. The first-order chi connectivity index (χ1) is 30.9. The molecule has 0 bridgehead atoms. The zero-order valence-corrected chi connectivity index (χ0v) is 50.4.